The van der Waals surface area contributed by atoms with E-state index in [0.29, 0.717) is 25.3 Å². The summed E-state index contributed by atoms with van der Waals surface area (Å²) in [6, 6.07) is 1.41. The standard InChI is InChI=1S/C12H14F2N2O4S/c13-9-5-8(15)6-10(14)12(9)21(18,19)7-11(17)16-1-3-20-4-2-16/h5-6H,1-4,7,15H2. The Morgan fingerprint density at radius 3 is 2.29 bits per heavy atom. The first-order chi connectivity index (χ1) is 9.81. The van der Waals surface area contributed by atoms with Crippen molar-refractivity contribution in [3.05, 3.63) is 23.8 Å². The minimum absolute atomic E-state index is 0.233. The minimum atomic E-state index is -4.42. The maximum Gasteiger partial charge on any atom is 0.238 e. The third kappa shape index (κ3) is 3.48. The van der Waals surface area contributed by atoms with Crippen LogP contribution < -0.4 is 5.73 Å². The van der Waals surface area contributed by atoms with Crippen LogP contribution in [-0.2, 0) is 19.4 Å². The molecule has 116 valence electrons. The lowest BCUT2D eigenvalue weighted by Gasteiger charge is -2.26. The van der Waals surface area contributed by atoms with Crippen LogP contribution in [0.3, 0.4) is 0 Å². The molecule has 1 aromatic rings. The van der Waals surface area contributed by atoms with Gasteiger partial charge in [0.2, 0.25) is 5.91 Å². The lowest BCUT2D eigenvalue weighted by molar-refractivity contribution is -0.132. The summed E-state index contributed by atoms with van der Waals surface area (Å²) in [5, 5.41) is 0. The third-order valence-electron chi connectivity index (χ3n) is 3.01. The highest BCUT2D eigenvalue weighted by molar-refractivity contribution is 7.92. The van der Waals surface area contributed by atoms with Gasteiger partial charge in [-0.2, -0.15) is 0 Å². The number of anilines is 1. The minimum Gasteiger partial charge on any atom is -0.399 e. The summed E-state index contributed by atoms with van der Waals surface area (Å²) in [5.74, 6) is -4.32. The average molecular weight is 320 g/mol. The molecule has 1 saturated heterocycles. The average Bonchev–Trinajstić information content (AvgIpc) is 2.37. The number of benzene rings is 1. The summed E-state index contributed by atoms with van der Waals surface area (Å²) in [6.07, 6.45) is 0. The molecule has 1 heterocycles. The normalized spacial score (nSPS) is 16.0. The van der Waals surface area contributed by atoms with Crippen LogP contribution >= 0.6 is 0 Å². The van der Waals surface area contributed by atoms with Crippen molar-refractivity contribution in [1.29, 1.82) is 0 Å². The topological polar surface area (TPSA) is 89.7 Å². The predicted octanol–water partition coefficient (Wildman–Crippen LogP) is 0.179. The molecular weight excluding hydrogens is 306 g/mol. The van der Waals surface area contributed by atoms with Gasteiger partial charge in [0, 0.05) is 18.8 Å². The number of nitrogens with zero attached hydrogens (tertiary/aromatic N) is 1. The number of sulfone groups is 1. The molecule has 9 heteroatoms. The molecule has 1 fully saturated rings. The molecule has 0 unspecified atom stereocenters. The Bertz CT molecular complexity index is 634. The van der Waals surface area contributed by atoms with Crippen molar-refractivity contribution in [3.63, 3.8) is 0 Å². The Kier molecular flexibility index (Phi) is 4.43. The summed E-state index contributed by atoms with van der Waals surface area (Å²) in [7, 11) is -4.42. The van der Waals surface area contributed by atoms with E-state index in [1.54, 1.807) is 0 Å². The number of amides is 1. The van der Waals surface area contributed by atoms with Gasteiger partial charge in [-0.25, -0.2) is 17.2 Å². The molecule has 0 radical (unpaired) electrons. The van der Waals surface area contributed by atoms with Crippen molar-refractivity contribution in [1.82, 2.24) is 4.90 Å². The number of hydrogen-bond donors (Lipinski definition) is 1. The molecule has 0 bridgehead atoms. The van der Waals surface area contributed by atoms with Gasteiger partial charge in [-0.3, -0.25) is 4.79 Å². The van der Waals surface area contributed by atoms with Gasteiger partial charge in [-0.15, -0.1) is 0 Å². The second kappa shape index (κ2) is 5.94. The Balaban J connectivity index is 2.24. The second-order valence-corrected chi connectivity index (χ2v) is 6.49. The number of morpholine rings is 1. The van der Waals surface area contributed by atoms with E-state index in [4.69, 9.17) is 10.5 Å². The van der Waals surface area contributed by atoms with Gasteiger partial charge in [0.1, 0.15) is 22.3 Å². The molecule has 0 atom stereocenters. The van der Waals surface area contributed by atoms with Gasteiger partial charge in [0.25, 0.3) is 0 Å². The quantitative estimate of drug-likeness (QED) is 0.803. The zero-order valence-electron chi connectivity index (χ0n) is 11.0. The van der Waals surface area contributed by atoms with Crippen LogP contribution in [0.15, 0.2) is 17.0 Å². The van der Waals surface area contributed by atoms with Crippen molar-refractivity contribution in [2.45, 2.75) is 4.90 Å². The van der Waals surface area contributed by atoms with E-state index in [9.17, 15) is 22.0 Å². The summed E-state index contributed by atoms with van der Waals surface area (Å²) in [4.78, 5) is 12.1. The monoisotopic (exact) mass is 320 g/mol. The lowest BCUT2D eigenvalue weighted by Crippen LogP contribution is -2.43. The molecule has 1 aliphatic rings. The fourth-order valence-electron chi connectivity index (χ4n) is 2.02. The maximum atomic E-state index is 13.7. The molecule has 6 nitrogen and oxygen atoms in total. The van der Waals surface area contributed by atoms with Gasteiger partial charge in [-0.1, -0.05) is 0 Å². The van der Waals surface area contributed by atoms with Crippen molar-refractivity contribution in [2.24, 2.45) is 0 Å². The highest BCUT2D eigenvalue weighted by Gasteiger charge is 2.30. The summed E-state index contributed by atoms with van der Waals surface area (Å²) in [5.41, 5.74) is 4.99. The predicted molar refractivity (Wildman–Crippen MR) is 70.2 cm³/mol. The number of nitrogens with two attached hydrogens (primary N) is 1. The van der Waals surface area contributed by atoms with E-state index in [0.717, 1.165) is 0 Å². The van der Waals surface area contributed by atoms with E-state index in [1.165, 1.54) is 4.90 Å². The van der Waals surface area contributed by atoms with E-state index >= 15 is 0 Å². The van der Waals surface area contributed by atoms with Crippen molar-refractivity contribution in [3.8, 4) is 0 Å². The van der Waals surface area contributed by atoms with Crippen LogP contribution in [0, 0.1) is 11.6 Å². The maximum absolute atomic E-state index is 13.7. The Morgan fingerprint density at radius 2 is 1.76 bits per heavy atom. The highest BCUT2D eigenvalue weighted by Crippen LogP contribution is 2.23. The Morgan fingerprint density at radius 1 is 1.24 bits per heavy atom. The molecule has 2 rings (SSSR count). The first kappa shape index (κ1) is 15.6. The molecule has 2 N–H and O–H groups in total. The Hall–Kier alpha value is -1.74. The van der Waals surface area contributed by atoms with Crippen LogP contribution in [0.4, 0.5) is 14.5 Å². The molecule has 21 heavy (non-hydrogen) atoms. The van der Waals surface area contributed by atoms with Gasteiger partial charge in [-0.05, 0) is 12.1 Å². The highest BCUT2D eigenvalue weighted by atomic mass is 32.2. The van der Waals surface area contributed by atoms with Gasteiger partial charge < -0.3 is 15.4 Å². The number of rotatable bonds is 3. The Labute approximate surface area is 120 Å². The number of carbonyl (C=O) groups is 1. The zero-order chi connectivity index (χ0) is 15.6. The van der Waals surface area contributed by atoms with Crippen molar-refractivity contribution < 1.29 is 26.7 Å². The largest absolute Gasteiger partial charge is 0.399 e. The fourth-order valence-corrected chi connectivity index (χ4v) is 3.38. The van der Waals surface area contributed by atoms with Crippen LogP contribution in [0.2, 0.25) is 0 Å². The third-order valence-corrected chi connectivity index (χ3v) is 4.65. The van der Waals surface area contributed by atoms with Gasteiger partial charge >= 0.3 is 0 Å². The molecule has 1 aliphatic heterocycles. The van der Waals surface area contributed by atoms with Gasteiger partial charge in [0.15, 0.2) is 9.84 Å². The van der Waals surface area contributed by atoms with E-state index in [2.05, 4.69) is 0 Å². The van der Waals surface area contributed by atoms with Gasteiger partial charge in [0.05, 0.1) is 13.2 Å². The van der Waals surface area contributed by atoms with Crippen molar-refractivity contribution in [2.75, 3.05) is 37.8 Å². The molecule has 0 aromatic heterocycles. The molecule has 1 amide bonds. The van der Waals surface area contributed by atoms with E-state index in [1.807, 2.05) is 0 Å². The fraction of sp³-hybridized carbons (Fsp3) is 0.417. The number of nitrogen functional groups attached to an aromatic ring is 1. The molecule has 0 spiro atoms. The first-order valence-corrected chi connectivity index (χ1v) is 7.79. The molecule has 0 saturated carbocycles. The number of halogens is 2. The molecule has 0 aliphatic carbocycles. The van der Waals surface area contributed by atoms with Crippen LogP contribution in [0.5, 0.6) is 0 Å². The number of hydrogen-bond acceptors (Lipinski definition) is 5. The first-order valence-electron chi connectivity index (χ1n) is 6.14. The lowest BCUT2D eigenvalue weighted by atomic mass is 10.3. The van der Waals surface area contributed by atoms with E-state index in [-0.39, 0.29) is 18.8 Å². The second-order valence-electron chi connectivity index (χ2n) is 4.57. The van der Waals surface area contributed by atoms with Crippen LogP contribution in [0.25, 0.3) is 0 Å². The number of ether oxygens (including phenoxy) is 1. The van der Waals surface area contributed by atoms with Crippen LogP contribution in [-0.4, -0.2) is 51.3 Å². The summed E-state index contributed by atoms with van der Waals surface area (Å²) in [6.45, 7) is 1.11. The van der Waals surface area contributed by atoms with Crippen molar-refractivity contribution >= 4 is 21.4 Å². The zero-order valence-corrected chi connectivity index (χ0v) is 11.8. The summed E-state index contributed by atoms with van der Waals surface area (Å²) < 4.78 is 56.4. The smallest absolute Gasteiger partial charge is 0.238 e. The molecular formula is C12H14F2N2O4S. The van der Waals surface area contributed by atoms with E-state index < -0.39 is 38.0 Å². The summed E-state index contributed by atoms with van der Waals surface area (Å²) >= 11 is 0. The SMILES string of the molecule is Nc1cc(F)c(S(=O)(=O)CC(=O)N2CCOCC2)c(F)c1. The molecule has 1 aromatic carbocycles. The number of carbonyl (C=O) groups excluding carboxylic acids is 1. The van der Waals surface area contributed by atoms with Crippen LogP contribution in [0.1, 0.15) is 0 Å².